The number of halogens is 1. The van der Waals surface area contributed by atoms with Crippen LogP contribution in [0.5, 0.6) is 11.5 Å². The fraction of sp³-hybridized carbons (Fsp3) is 0.625. The summed E-state index contributed by atoms with van der Waals surface area (Å²) in [5.74, 6) is 1.46. The van der Waals surface area contributed by atoms with Crippen LogP contribution in [0.1, 0.15) is 0 Å². The lowest BCUT2D eigenvalue weighted by Gasteiger charge is -2.13. The summed E-state index contributed by atoms with van der Waals surface area (Å²) < 4.78 is 33.9. The maximum atomic E-state index is 5.70. The van der Waals surface area contributed by atoms with Crippen molar-refractivity contribution < 1.29 is 28.4 Å². The highest BCUT2D eigenvalue weighted by atomic mass is 79.9. The first-order valence-corrected chi connectivity index (χ1v) is 8.52. The Hall–Kier alpha value is -0.860. The summed E-state index contributed by atoms with van der Waals surface area (Å²) in [6, 6.07) is 5.66. The zero-order chi connectivity index (χ0) is 16.2. The zero-order valence-corrected chi connectivity index (χ0v) is 14.7. The molecule has 0 aliphatic carbocycles. The predicted molar refractivity (Wildman–Crippen MR) is 88.4 cm³/mol. The van der Waals surface area contributed by atoms with E-state index >= 15 is 0 Å². The number of ether oxygens (including phenoxy) is 6. The van der Waals surface area contributed by atoms with Gasteiger partial charge in [0.2, 0.25) is 0 Å². The summed E-state index contributed by atoms with van der Waals surface area (Å²) in [5.41, 5.74) is 0. The second-order valence-corrected chi connectivity index (χ2v) is 5.51. The first-order valence-electron chi connectivity index (χ1n) is 7.73. The van der Waals surface area contributed by atoms with Crippen molar-refractivity contribution in [1.29, 1.82) is 0 Å². The molecule has 0 N–H and O–H groups in total. The topological polar surface area (TPSA) is 55.4 Å². The van der Waals surface area contributed by atoms with E-state index in [0.717, 1.165) is 16.0 Å². The molecule has 0 saturated carbocycles. The Balaban J connectivity index is 1.84. The van der Waals surface area contributed by atoms with Gasteiger partial charge in [-0.2, -0.15) is 0 Å². The minimum Gasteiger partial charge on any atom is -0.490 e. The minimum absolute atomic E-state index is 0.467. The third-order valence-corrected chi connectivity index (χ3v) is 3.80. The SMILES string of the molecule is Brc1c2cccc1OCCOCCOCCOCCOCCO2. The van der Waals surface area contributed by atoms with E-state index in [9.17, 15) is 0 Å². The summed E-state index contributed by atoms with van der Waals surface area (Å²) >= 11 is 3.51. The summed E-state index contributed by atoms with van der Waals surface area (Å²) in [4.78, 5) is 0. The van der Waals surface area contributed by atoms with Crippen LogP contribution in [0.15, 0.2) is 22.7 Å². The van der Waals surface area contributed by atoms with Crippen LogP contribution < -0.4 is 9.47 Å². The highest BCUT2D eigenvalue weighted by molar-refractivity contribution is 9.10. The molecule has 1 aliphatic heterocycles. The van der Waals surface area contributed by atoms with Crippen molar-refractivity contribution in [2.24, 2.45) is 0 Å². The van der Waals surface area contributed by atoms with Gasteiger partial charge in [0.15, 0.2) is 0 Å². The highest BCUT2D eigenvalue weighted by Gasteiger charge is 2.08. The molecule has 0 radical (unpaired) electrons. The van der Waals surface area contributed by atoms with Crippen LogP contribution in [0, 0.1) is 0 Å². The van der Waals surface area contributed by atoms with Crippen LogP contribution in [0.2, 0.25) is 0 Å². The zero-order valence-electron chi connectivity index (χ0n) is 13.1. The number of rotatable bonds is 0. The van der Waals surface area contributed by atoms with Gasteiger partial charge in [0.1, 0.15) is 29.2 Å². The summed E-state index contributed by atoms with van der Waals surface area (Å²) in [6.45, 7) is 5.23. The Morgan fingerprint density at radius 2 is 0.913 bits per heavy atom. The third kappa shape index (κ3) is 7.50. The molecule has 0 spiro atoms. The molecule has 1 aromatic rings. The normalized spacial score (nSPS) is 19.5. The molecule has 2 rings (SSSR count). The maximum absolute atomic E-state index is 5.70. The van der Waals surface area contributed by atoms with Crippen molar-refractivity contribution in [3.63, 3.8) is 0 Å². The number of hydrogen-bond donors (Lipinski definition) is 0. The van der Waals surface area contributed by atoms with Crippen molar-refractivity contribution in [2.45, 2.75) is 0 Å². The number of benzene rings is 1. The van der Waals surface area contributed by atoms with Gasteiger partial charge in [-0.15, -0.1) is 0 Å². The average molecular weight is 391 g/mol. The third-order valence-electron chi connectivity index (χ3n) is 3.01. The second kappa shape index (κ2) is 11.6. The summed E-state index contributed by atoms with van der Waals surface area (Å²) in [5, 5.41) is 0. The molecule has 0 saturated heterocycles. The molecular formula is C16H23BrO6. The fourth-order valence-electron chi connectivity index (χ4n) is 1.90. The van der Waals surface area contributed by atoms with Gasteiger partial charge in [0.25, 0.3) is 0 Å². The molecule has 23 heavy (non-hydrogen) atoms. The van der Waals surface area contributed by atoms with Crippen LogP contribution in [-0.2, 0) is 18.9 Å². The Morgan fingerprint density at radius 3 is 1.30 bits per heavy atom. The molecule has 0 unspecified atom stereocenters. The van der Waals surface area contributed by atoms with Crippen molar-refractivity contribution in [2.75, 3.05) is 66.1 Å². The fourth-order valence-corrected chi connectivity index (χ4v) is 2.39. The van der Waals surface area contributed by atoms with E-state index in [1.165, 1.54) is 0 Å². The lowest BCUT2D eigenvalue weighted by Crippen LogP contribution is -2.14. The summed E-state index contributed by atoms with van der Waals surface area (Å²) in [6.07, 6.45) is 0. The van der Waals surface area contributed by atoms with E-state index in [1.807, 2.05) is 18.2 Å². The van der Waals surface area contributed by atoms with Crippen molar-refractivity contribution >= 4 is 15.9 Å². The van der Waals surface area contributed by atoms with E-state index in [0.29, 0.717) is 66.1 Å². The molecule has 6 nitrogen and oxygen atoms in total. The molecule has 0 aromatic heterocycles. The molecule has 0 amide bonds. The first kappa shape index (κ1) is 18.5. The van der Waals surface area contributed by atoms with Gasteiger partial charge in [0, 0.05) is 0 Å². The Bertz CT molecular complexity index is 406. The van der Waals surface area contributed by atoms with Crippen LogP contribution in [0.4, 0.5) is 0 Å². The van der Waals surface area contributed by atoms with E-state index < -0.39 is 0 Å². The van der Waals surface area contributed by atoms with E-state index in [-0.39, 0.29) is 0 Å². The lowest BCUT2D eigenvalue weighted by atomic mass is 10.3. The monoisotopic (exact) mass is 390 g/mol. The van der Waals surface area contributed by atoms with Crippen LogP contribution in [0.25, 0.3) is 0 Å². The van der Waals surface area contributed by atoms with Crippen molar-refractivity contribution in [3.05, 3.63) is 22.7 Å². The van der Waals surface area contributed by atoms with Crippen LogP contribution >= 0.6 is 15.9 Å². The molecule has 1 aliphatic rings. The van der Waals surface area contributed by atoms with Crippen molar-refractivity contribution in [3.8, 4) is 11.5 Å². The van der Waals surface area contributed by atoms with Crippen LogP contribution in [0.3, 0.4) is 0 Å². The predicted octanol–water partition coefficient (Wildman–Crippen LogP) is 2.29. The number of hydrogen-bond acceptors (Lipinski definition) is 6. The lowest BCUT2D eigenvalue weighted by molar-refractivity contribution is -0.00664. The van der Waals surface area contributed by atoms with Crippen LogP contribution in [-0.4, -0.2) is 66.1 Å². The molecule has 7 heteroatoms. The molecule has 1 heterocycles. The van der Waals surface area contributed by atoms with E-state index in [1.54, 1.807) is 0 Å². The van der Waals surface area contributed by atoms with E-state index in [4.69, 9.17) is 28.4 Å². The Kier molecular flexibility index (Phi) is 9.35. The van der Waals surface area contributed by atoms with Gasteiger partial charge in [-0.25, -0.2) is 0 Å². The quantitative estimate of drug-likeness (QED) is 0.677. The molecule has 1 aromatic carbocycles. The molecule has 2 bridgehead atoms. The molecule has 0 fully saturated rings. The Morgan fingerprint density at radius 1 is 0.565 bits per heavy atom. The van der Waals surface area contributed by atoms with E-state index in [2.05, 4.69) is 15.9 Å². The van der Waals surface area contributed by atoms with Gasteiger partial charge < -0.3 is 28.4 Å². The first-order chi connectivity index (χ1) is 11.4. The molecule has 0 atom stereocenters. The van der Waals surface area contributed by atoms with Crippen molar-refractivity contribution in [1.82, 2.24) is 0 Å². The van der Waals surface area contributed by atoms with Gasteiger partial charge >= 0.3 is 0 Å². The average Bonchev–Trinajstić information content (AvgIpc) is 2.56. The van der Waals surface area contributed by atoms with Gasteiger partial charge in [-0.3, -0.25) is 0 Å². The van der Waals surface area contributed by atoms with Gasteiger partial charge in [0.05, 0.1) is 52.9 Å². The van der Waals surface area contributed by atoms with Gasteiger partial charge in [-0.05, 0) is 28.1 Å². The standard InChI is InChI=1S/C16H23BrO6/c17-16-14-2-1-3-15(16)23-13-11-21-9-7-19-5-4-18-6-8-20-10-12-22-14/h1-3H,4-13H2. The maximum Gasteiger partial charge on any atom is 0.137 e. The summed E-state index contributed by atoms with van der Waals surface area (Å²) in [7, 11) is 0. The number of fused-ring (bicyclic) bond motifs is 2. The highest BCUT2D eigenvalue weighted by Crippen LogP contribution is 2.34. The van der Waals surface area contributed by atoms with Gasteiger partial charge in [-0.1, -0.05) is 6.07 Å². The Labute approximate surface area is 145 Å². The minimum atomic E-state index is 0.467. The smallest absolute Gasteiger partial charge is 0.137 e. The second-order valence-electron chi connectivity index (χ2n) is 4.71. The molecular weight excluding hydrogens is 368 g/mol. The largest absolute Gasteiger partial charge is 0.490 e. The molecule has 130 valence electrons.